The molecule has 0 unspecified atom stereocenters. The highest BCUT2D eigenvalue weighted by Gasteiger charge is 2.32. The van der Waals surface area contributed by atoms with Crippen LogP contribution in [0.25, 0.3) is 28.0 Å². The summed E-state index contributed by atoms with van der Waals surface area (Å²) >= 11 is 6.87. The maximum Gasteiger partial charge on any atom is 0.266 e. The molecule has 2 saturated heterocycles. The van der Waals surface area contributed by atoms with Crippen molar-refractivity contribution in [1.29, 1.82) is 0 Å². The number of aryl methyl sites for hydroxylation is 1. The van der Waals surface area contributed by atoms with E-state index in [1.54, 1.807) is 12.0 Å². The Morgan fingerprint density at radius 3 is 2.72 bits per heavy atom. The van der Waals surface area contributed by atoms with E-state index in [4.69, 9.17) is 26.4 Å². The second-order valence-electron chi connectivity index (χ2n) is 10.2. The second kappa shape index (κ2) is 13.6. The summed E-state index contributed by atoms with van der Waals surface area (Å²) in [6, 6.07) is 18.6. The lowest BCUT2D eigenvalue weighted by Gasteiger charge is -2.26. The quantitative estimate of drug-likeness (QED) is 0.190. The highest BCUT2D eigenvalue weighted by molar-refractivity contribution is 8.26. The first-order valence-corrected chi connectivity index (χ1v) is 15.4. The molecule has 0 radical (unpaired) electrons. The fourth-order valence-corrected chi connectivity index (χ4v) is 6.52. The van der Waals surface area contributed by atoms with Gasteiger partial charge in [0, 0.05) is 38.2 Å². The van der Waals surface area contributed by atoms with E-state index in [1.165, 1.54) is 11.8 Å². The number of aromatic amines is 1. The SMILES string of the molecule is COc1cc(C=C2SC(=S)N(CCCc3nn[nH]n3)C2=O)cc(-c2ccc3ccccc3c2)c1OCCN1CCOCC1. The molecule has 1 amide bonds. The number of ether oxygens (including phenoxy) is 3. The van der Waals surface area contributed by atoms with E-state index in [0.29, 0.717) is 52.5 Å². The third-order valence-electron chi connectivity index (χ3n) is 7.46. The lowest BCUT2D eigenvalue weighted by atomic mass is 9.98. The highest BCUT2D eigenvalue weighted by Crippen LogP contribution is 2.42. The molecule has 2 aliphatic rings. The Hall–Kier alpha value is -3.84. The molecule has 0 saturated carbocycles. The van der Waals surface area contributed by atoms with Crippen LogP contribution < -0.4 is 9.47 Å². The Balaban J connectivity index is 1.28. The number of methoxy groups -OCH3 is 1. The number of fused-ring (bicyclic) bond motifs is 1. The molecule has 10 nitrogen and oxygen atoms in total. The molecule has 1 N–H and O–H groups in total. The predicted octanol–water partition coefficient (Wildman–Crippen LogP) is 4.57. The van der Waals surface area contributed by atoms with Crippen molar-refractivity contribution in [3.05, 3.63) is 70.9 Å². The van der Waals surface area contributed by atoms with Crippen molar-refractivity contribution in [2.45, 2.75) is 12.8 Å². The van der Waals surface area contributed by atoms with E-state index in [9.17, 15) is 4.79 Å². The van der Waals surface area contributed by atoms with Gasteiger partial charge in [0.25, 0.3) is 5.91 Å². The number of benzene rings is 3. The van der Waals surface area contributed by atoms with Gasteiger partial charge in [0.05, 0.1) is 25.2 Å². The van der Waals surface area contributed by atoms with Gasteiger partial charge in [0.15, 0.2) is 17.3 Å². The van der Waals surface area contributed by atoms with Crippen LogP contribution in [0.5, 0.6) is 11.5 Å². The maximum atomic E-state index is 13.4. The fraction of sp³-hybridized carbons (Fsp3) is 0.323. The van der Waals surface area contributed by atoms with Gasteiger partial charge >= 0.3 is 0 Å². The van der Waals surface area contributed by atoms with Crippen molar-refractivity contribution in [3.8, 4) is 22.6 Å². The number of nitrogens with one attached hydrogen (secondary N) is 1. The molecule has 1 aromatic heterocycles. The standard InChI is InChI=1S/C31H32N6O4S2/c1-39-26-18-21(19-27-30(38)37(31(42)43-27)10-4-7-28-32-34-35-33-28)17-25(24-9-8-22-5-2-3-6-23(22)20-24)29(26)41-16-13-36-11-14-40-15-12-36/h2-3,5-6,8-9,17-20H,4,7,10-16H2,1H3,(H,32,33,34,35). The smallest absolute Gasteiger partial charge is 0.266 e. The van der Waals surface area contributed by atoms with Crippen LogP contribution in [0.15, 0.2) is 59.5 Å². The summed E-state index contributed by atoms with van der Waals surface area (Å²) in [4.78, 5) is 17.9. The van der Waals surface area contributed by atoms with Gasteiger partial charge in [-0.05, 0) is 52.6 Å². The average Bonchev–Trinajstić information content (AvgIpc) is 3.65. The number of carbonyl (C=O) groups excluding carboxylic acids is 1. The first kappa shape index (κ1) is 29.2. The number of H-pyrrole nitrogens is 1. The van der Waals surface area contributed by atoms with Gasteiger partial charge in [-0.15, -0.1) is 10.2 Å². The number of morpholine rings is 1. The third kappa shape index (κ3) is 6.88. The Labute approximate surface area is 259 Å². The normalized spacial score (nSPS) is 16.9. The summed E-state index contributed by atoms with van der Waals surface area (Å²) < 4.78 is 18.3. The molecule has 0 aliphatic carbocycles. The molecular weight excluding hydrogens is 585 g/mol. The van der Waals surface area contributed by atoms with Crippen LogP contribution >= 0.6 is 24.0 Å². The zero-order valence-electron chi connectivity index (χ0n) is 23.8. The summed E-state index contributed by atoms with van der Waals surface area (Å²) in [6.07, 6.45) is 3.16. The average molecular weight is 617 g/mol. The predicted molar refractivity (Wildman–Crippen MR) is 171 cm³/mol. The number of rotatable bonds is 11. The Morgan fingerprint density at radius 2 is 1.93 bits per heavy atom. The molecule has 12 heteroatoms. The molecule has 0 spiro atoms. The minimum atomic E-state index is -0.111. The second-order valence-corrected chi connectivity index (χ2v) is 11.9. The number of amides is 1. The molecule has 2 fully saturated rings. The van der Waals surface area contributed by atoms with Crippen LogP contribution in [0.1, 0.15) is 17.8 Å². The molecule has 0 atom stereocenters. The van der Waals surface area contributed by atoms with Crippen LogP contribution in [0.3, 0.4) is 0 Å². The first-order valence-electron chi connectivity index (χ1n) is 14.2. The zero-order valence-corrected chi connectivity index (χ0v) is 25.5. The molecule has 0 bridgehead atoms. The van der Waals surface area contributed by atoms with Gasteiger partial charge in [-0.25, -0.2) is 0 Å². The number of carbonyl (C=O) groups is 1. The number of aromatic nitrogens is 4. The van der Waals surface area contributed by atoms with Crippen LogP contribution in [0, 0.1) is 0 Å². The van der Waals surface area contributed by atoms with Crippen molar-refractivity contribution in [2.75, 3.05) is 53.1 Å². The van der Waals surface area contributed by atoms with Gasteiger partial charge in [0.2, 0.25) is 0 Å². The number of thiocarbonyl (C=S) groups is 1. The Morgan fingerprint density at radius 1 is 1.09 bits per heavy atom. The largest absolute Gasteiger partial charge is 0.493 e. The summed E-state index contributed by atoms with van der Waals surface area (Å²) in [6.45, 7) is 5.06. The van der Waals surface area contributed by atoms with Crippen LogP contribution in [0.2, 0.25) is 0 Å². The van der Waals surface area contributed by atoms with E-state index in [2.05, 4.69) is 61.9 Å². The van der Waals surface area contributed by atoms with Crippen LogP contribution in [0.4, 0.5) is 0 Å². The van der Waals surface area contributed by atoms with Gasteiger partial charge in [-0.2, -0.15) is 5.21 Å². The first-order chi connectivity index (χ1) is 21.1. The van der Waals surface area contributed by atoms with E-state index >= 15 is 0 Å². The topological polar surface area (TPSA) is 106 Å². The summed E-state index contributed by atoms with van der Waals surface area (Å²) in [5.74, 6) is 1.79. The lowest BCUT2D eigenvalue weighted by molar-refractivity contribution is -0.122. The Bertz CT molecular complexity index is 1640. The van der Waals surface area contributed by atoms with Crippen LogP contribution in [-0.4, -0.2) is 93.8 Å². The van der Waals surface area contributed by atoms with Crippen molar-refractivity contribution in [3.63, 3.8) is 0 Å². The molecule has 6 rings (SSSR count). The van der Waals surface area contributed by atoms with Crippen molar-refractivity contribution >= 4 is 51.1 Å². The van der Waals surface area contributed by atoms with Crippen molar-refractivity contribution in [2.24, 2.45) is 0 Å². The van der Waals surface area contributed by atoms with Gasteiger partial charge in [-0.1, -0.05) is 65.6 Å². The third-order valence-corrected chi connectivity index (χ3v) is 8.84. The van der Waals surface area contributed by atoms with E-state index < -0.39 is 0 Å². The number of hydrogen-bond acceptors (Lipinski definition) is 10. The van der Waals surface area contributed by atoms with Crippen LogP contribution in [-0.2, 0) is 16.0 Å². The van der Waals surface area contributed by atoms with Gasteiger partial charge in [0.1, 0.15) is 10.9 Å². The van der Waals surface area contributed by atoms with E-state index in [1.807, 2.05) is 24.3 Å². The minimum Gasteiger partial charge on any atom is -0.493 e. The maximum absolute atomic E-state index is 13.4. The summed E-state index contributed by atoms with van der Waals surface area (Å²) in [5, 5.41) is 16.3. The van der Waals surface area contributed by atoms with E-state index in [0.717, 1.165) is 60.3 Å². The molecule has 3 aromatic carbocycles. The number of nitrogens with zero attached hydrogens (tertiary/aromatic N) is 5. The Kier molecular flexibility index (Phi) is 9.27. The fourth-order valence-electron chi connectivity index (χ4n) is 5.21. The number of tetrazole rings is 1. The van der Waals surface area contributed by atoms with Gasteiger partial charge < -0.3 is 14.2 Å². The summed E-state index contributed by atoms with van der Waals surface area (Å²) in [5.41, 5.74) is 2.73. The molecule has 222 valence electrons. The van der Waals surface area contributed by atoms with Crippen molar-refractivity contribution in [1.82, 2.24) is 30.4 Å². The van der Waals surface area contributed by atoms with Crippen molar-refractivity contribution < 1.29 is 19.0 Å². The highest BCUT2D eigenvalue weighted by atomic mass is 32.2. The number of thioether (sulfide) groups is 1. The minimum absolute atomic E-state index is 0.111. The molecular formula is C31H32N6O4S2. The number of hydrogen-bond donors (Lipinski definition) is 1. The molecule has 3 heterocycles. The summed E-state index contributed by atoms with van der Waals surface area (Å²) in [7, 11) is 1.64. The zero-order chi connectivity index (χ0) is 29.6. The molecule has 4 aromatic rings. The van der Waals surface area contributed by atoms with Gasteiger partial charge in [-0.3, -0.25) is 14.6 Å². The molecule has 2 aliphatic heterocycles. The lowest BCUT2D eigenvalue weighted by Crippen LogP contribution is -2.38. The van der Waals surface area contributed by atoms with E-state index in [-0.39, 0.29) is 5.91 Å². The monoisotopic (exact) mass is 616 g/mol. The molecule has 43 heavy (non-hydrogen) atoms.